The van der Waals surface area contributed by atoms with Crippen LogP contribution in [0.2, 0.25) is 0 Å². The van der Waals surface area contributed by atoms with Gasteiger partial charge in [-0.1, -0.05) is 0 Å². The van der Waals surface area contributed by atoms with E-state index < -0.39 is 0 Å². The molecule has 2 bridgehead atoms. The minimum atomic E-state index is 0.130. The molecule has 22 heavy (non-hydrogen) atoms. The molecule has 4 nitrogen and oxygen atoms in total. The first-order valence-electron chi connectivity index (χ1n) is 7.62. The number of likely N-dealkylation sites (N-methyl/N-ethyl adjacent to an activating group) is 1. The van der Waals surface area contributed by atoms with Gasteiger partial charge in [0, 0.05) is 12.8 Å². The van der Waals surface area contributed by atoms with Crippen LogP contribution >= 0.6 is 0 Å². The van der Waals surface area contributed by atoms with Gasteiger partial charge in [-0.25, -0.2) is 0 Å². The molecule has 4 heterocycles. The summed E-state index contributed by atoms with van der Waals surface area (Å²) in [6.07, 6.45) is 9.12. The molecule has 2 atom stereocenters. The Balaban J connectivity index is 1.79. The van der Waals surface area contributed by atoms with Gasteiger partial charge in [-0.05, 0) is 36.4 Å². The Kier molecular flexibility index (Phi) is 3.12. The monoisotopic (exact) mass is 296 g/mol. The van der Waals surface area contributed by atoms with Crippen LogP contribution in [0.1, 0.15) is 24.4 Å². The Bertz CT molecular complexity index is 675. The summed E-state index contributed by atoms with van der Waals surface area (Å²) in [7, 11) is 2.17. The zero-order chi connectivity index (χ0) is 15.1. The second-order valence-electron chi connectivity index (χ2n) is 5.99. The Hall–Kier alpha value is -2.33. The lowest BCUT2D eigenvalue weighted by Gasteiger charge is -2.31. The number of carbonyl (C=O) groups excluding carboxylic acids is 1. The van der Waals surface area contributed by atoms with E-state index in [1.165, 1.54) is 4.90 Å². The SMILES string of the molecule is C[NH+]1C2CCC1C(=Cc1ccco1)C(=O)C2=Cc1ccco1. The largest absolute Gasteiger partial charge is 0.465 e. The van der Waals surface area contributed by atoms with Crippen molar-refractivity contribution in [1.82, 2.24) is 0 Å². The number of Topliss-reactive ketones (excluding diaryl/α,β-unsaturated/α-hetero) is 1. The minimum Gasteiger partial charge on any atom is -0.465 e. The molecule has 2 aliphatic rings. The Morgan fingerprint density at radius 3 is 1.91 bits per heavy atom. The Labute approximate surface area is 128 Å². The number of carbonyl (C=O) groups is 1. The maximum atomic E-state index is 13.0. The van der Waals surface area contributed by atoms with Crippen molar-refractivity contribution in [2.75, 3.05) is 7.05 Å². The van der Waals surface area contributed by atoms with Crippen LogP contribution in [0, 0.1) is 0 Å². The number of fused-ring (bicyclic) bond motifs is 2. The average molecular weight is 296 g/mol. The van der Waals surface area contributed by atoms with E-state index in [9.17, 15) is 4.79 Å². The van der Waals surface area contributed by atoms with Gasteiger partial charge in [-0.2, -0.15) is 0 Å². The lowest BCUT2D eigenvalue weighted by molar-refractivity contribution is -0.906. The Morgan fingerprint density at radius 1 is 1.00 bits per heavy atom. The summed E-state index contributed by atoms with van der Waals surface area (Å²) in [4.78, 5) is 14.3. The van der Waals surface area contributed by atoms with Crippen molar-refractivity contribution < 1.29 is 18.5 Å². The molecule has 2 aromatic heterocycles. The van der Waals surface area contributed by atoms with Gasteiger partial charge < -0.3 is 13.7 Å². The molecule has 2 fully saturated rings. The van der Waals surface area contributed by atoms with Gasteiger partial charge >= 0.3 is 0 Å². The minimum absolute atomic E-state index is 0.130. The number of piperidine rings is 1. The maximum absolute atomic E-state index is 13.0. The second kappa shape index (κ2) is 5.14. The third kappa shape index (κ3) is 2.07. The van der Waals surface area contributed by atoms with E-state index in [-0.39, 0.29) is 17.9 Å². The van der Waals surface area contributed by atoms with Crippen LogP contribution in [0.25, 0.3) is 12.2 Å². The molecule has 0 aromatic carbocycles. The third-order valence-electron chi connectivity index (χ3n) is 4.80. The van der Waals surface area contributed by atoms with Gasteiger partial charge in [-0.3, -0.25) is 4.79 Å². The van der Waals surface area contributed by atoms with Crippen molar-refractivity contribution >= 4 is 17.9 Å². The molecule has 0 radical (unpaired) electrons. The summed E-state index contributed by atoms with van der Waals surface area (Å²) < 4.78 is 10.8. The maximum Gasteiger partial charge on any atom is 0.197 e. The molecular weight excluding hydrogens is 278 g/mol. The van der Waals surface area contributed by atoms with Gasteiger partial charge in [0.2, 0.25) is 0 Å². The highest BCUT2D eigenvalue weighted by molar-refractivity contribution is 6.15. The van der Waals surface area contributed by atoms with E-state index in [2.05, 4.69) is 7.05 Å². The van der Waals surface area contributed by atoms with Crippen LogP contribution < -0.4 is 4.90 Å². The average Bonchev–Trinajstić information content (AvgIpc) is 3.22. The van der Waals surface area contributed by atoms with Crippen LogP contribution in [-0.2, 0) is 4.79 Å². The lowest BCUT2D eigenvalue weighted by atomic mass is 9.90. The fraction of sp³-hybridized carbons (Fsp3) is 0.278. The van der Waals surface area contributed by atoms with Crippen molar-refractivity contribution in [3.8, 4) is 0 Å². The van der Waals surface area contributed by atoms with Crippen molar-refractivity contribution in [3.05, 3.63) is 59.5 Å². The molecule has 1 N–H and O–H groups in total. The van der Waals surface area contributed by atoms with E-state index in [4.69, 9.17) is 8.83 Å². The van der Waals surface area contributed by atoms with Crippen molar-refractivity contribution in [2.24, 2.45) is 0 Å². The topological polar surface area (TPSA) is 47.8 Å². The fourth-order valence-electron chi connectivity index (χ4n) is 3.70. The zero-order valence-corrected chi connectivity index (χ0v) is 12.4. The molecule has 2 aromatic rings. The molecular formula is C18H18NO3+. The highest BCUT2D eigenvalue weighted by Crippen LogP contribution is 2.31. The normalized spacial score (nSPS) is 31.3. The highest BCUT2D eigenvalue weighted by Gasteiger charge is 2.48. The van der Waals surface area contributed by atoms with Crippen molar-refractivity contribution in [1.29, 1.82) is 0 Å². The summed E-state index contributed by atoms with van der Waals surface area (Å²) in [6, 6.07) is 7.97. The standard InChI is InChI=1S/C18H17NO3/c1-19-16-6-7-17(19)15(11-13-5-3-9-22-13)18(20)14(16)10-12-4-2-8-21-12/h2-5,8-11,16-17H,6-7H2,1H3/p+1. The quantitative estimate of drug-likeness (QED) is 0.862. The molecule has 0 saturated carbocycles. The summed E-state index contributed by atoms with van der Waals surface area (Å²) in [6.45, 7) is 0. The van der Waals surface area contributed by atoms with Crippen molar-refractivity contribution in [3.63, 3.8) is 0 Å². The summed E-state index contributed by atoms with van der Waals surface area (Å²) in [5, 5.41) is 0. The fourth-order valence-corrected chi connectivity index (χ4v) is 3.70. The van der Waals surface area contributed by atoms with Crippen LogP contribution in [0.4, 0.5) is 0 Å². The summed E-state index contributed by atoms with van der Waals surface area (Å²) in [5.41, 5.74) is 1.69. The molecule has 4 rings (SSSR count). The first-order chi connectivity index (χ1) is 10.7. The highest BCUT2D eigenvalue weighted by atomic mass is 16.3. The van der Waals surface area contributed by atoms with Crippen molar-refractivity contribution in [2.45, 2.75) is 24.9 Å². The summed E-state index contributed by atoms with van der Waals surface area (Å²) >= 11 is 0. The first-order valence-corrected chi connectivity index (χ1v) is 7.62. The zero-order valence-electron chi connectivity index (χ0n) is 12.4. The molecule has 2 saturated heterocycles. The molecule has 4 heteroatoms. The van der Waals surface area contributed by atoms with Gasteiger partial charge in [0.1, 0.15) is 23.6 Å². The van der Waals surface area contributed by atoms with Crippen LogP contribution in [-0.4, -0.2) is 24.9 Å². The number of hydrogen-bond acceptors (Lipinski definition) is 3. The molecule has 0 aliphatic carbocycles. The number of furan rings is 2. The predicted molar refractivity (Wildman–Crippen MR) is 82.1 cm³/mol. The van der Waals surface area contributed by atoms with Gasteiger partial charge in [-0.15, -0.1) is 0 Å². The second-order valence-corrected chi connectivity index (χ2v) is 5.99. The van der Waals surface area contributed by atoms with Gasteiger partial charge in [0.15, 0.2) is 5.78 Å². The van der Waals surface area contributed by atoms with Gasteiger partial charge in [0.05, 0.1) is 30.7 Å². The van der Waals surface area contributed by atoms with E-state index in [1.54, 1.807) is 12.5 Å². The van der Waals surface area contributed by atoms with Crippen LogP contribution in [0.15, 0.2) is 56.8 Å². The van der Waals surface area contributed by atoms with E-state index >= 15 is 0 Å². The number of ketones is 1. The third-order valence-corrected chi connectivity index (χ3v) is 4.80. The number of nitrogens with one attached hydrogen (secondary N) is 1. The summed E-state index contributed by atoms with van der Waals surface area (Å²) in [5.74, 6) is 1.60. The molecule has 2 aliphatic heterocycles. The molecule has 112 valence electrons. The predicted octanol–water partition coefficient (Wildman–Crippen LogP) is 1.97. The van der Waals surface area contributed by atoms with Gasteiger partial charge in [0.25, 0.3) is 0 Å². The van der Waals surface area contributed by atoms with E-state index in [0.29, 0.717) is 0 Å². The number of hydrogen-bond donors (Lipinski definition) is 1. The molecule has 0 amide bonds. The van der Waals surface area contributed by atoms with Crippen LogP contribution in [0.5, 0.6) is 0 Å². The number of rotatable bonds is 2. The smallest absolute Gasteiger partial charge is 0.197 e. The van der Waals surface area contributed by atoms with Crippen LogP contribution in [0.3, 0.4) is 0 Å². The molecule has 2 unspecified atom stereocenters. The number of quaternary nitrogens is 1. The first kappa shape index (κ1) is 13.3. The Morgan fingerprint density at radius 2 is 1.50 bits per heavy atom. The lowest BCUT2D eigenvalue weighted by Crippen LogP contribution is -3.16. The molecule has 0 spiro atoms. The van der Waals surface area contributed by atoms with E-state index in [1.807, 2.05) is 36.4 Å². The van der Waals surface area contributed by atoms with E-state index in [0.717, 1.165) is 35.5 Å².